The van der Waals surface area contributed by atoms with Crippen LogP contribution in [0.4, 0.5) is 4.79 Å². The Morgan fingerprint density at radius 2 is 1.71 bits per heavy atom. The molecule has 0 aromatic heterocycles. The number of hydrogen-bond acceptors (Lipinski definition) is 2. The van der Waals surface area contributed by atoms with Gasteiger partial charge >= 0.3 is 12.0 Å². The summed E-state index contributed by atoms with van der Waals surface area (Å²) in [6, 6.07) is 0.219. The van der Waals surface area contributed by atoms with Crippen LogP contribution in [0.3, 0.4) is 0 Å². The highest BCUT2D eigenvalue weighted by Crippen LogP contribution is 2.65. The van der Waals surface area contributed by atoms with E-state index in [0.29, 0.717) is 17.9 Å². The van der Waals surface area contributed by atoms with Crippen LogP contribution in [-0.2, 0) is 4.79 Å². The van der Waals surface area contributed by atoms with Crippen LogP contribution in [0.2, 0.25) is 0 Å². The fraction of sp³-hybridized carbons (Fsp3) is 0.875. The molecular weight excluding hydrogens is 268 g/mol. The first-order valence-corrected chi connectivity index (χ1v) is 8.38. The summed E-state index contributed by atoms with van der Waals surface area (Å²) in [5, 5.41) is 15.2. The first-order chi connectivity index (χ1) is 10.1. The average Bonchev–Trinajstić information content (AvgIpc) is 2.83. The molecule has 0 aromatic rings. The van der Waals surface area contributed by atoms with Gasteiger partial charge in [0.2, 0.25) is 0 Å². The molecule has 0 spiro atoms. The van der Waals surface area contributed by atoms with E-state index < -0.39 is 11.5 Å². The van der Waals surface area contributed by atoms with Gasteiger partial charge in [-0.15, -0.1) is 0 Å². The molecule has 5 heteroatoms. The summed E-state index contributed by atoms with van der Waals surface area (Å²) in [5.74, 6) is 2.29. The van der Waals surface area contributed by atoms with E-state index in [-0.39, 0.29) is 12.5 Å². The van der Waals surface area contributed by atoms with Crippen LogP contribution in [0.25, 0.3) is 0 Å². The number of fused-ring (bicyclic) bond motifs is 5. The van der Waals surface area contributed by atoms with Gasteiger partial charge < -0.3 is 15.7 Å². The molecule has 0 aromatic carbocycles. The summed E-state index contributed by atoms with van der Waals surface area (Å²) in [4.78, 5) is 23.3. The summed E-state index contributed by atoms with van der Waals surface area (Å²) >= 11 is 0. The Morgan fingerprint density at radius 1 is 1.10 bits per heavy atom. The van der Waals surface area contributed by atoms with Gasteiger partial charge in [0, 0.05) is 6.04 Å². The fourth-order valence-corrected chi connectivity index (χ4v) is 5.63. The van der Waals surface area contributed by atoms with Crippen molar-refractivity contribution < 1.29 is 14.7 Å². The molecule has 0 radical (unpaired) electrons. The molecule has 2 bridgehead atoms. The molecule has 4 fully saturated rings. The van der Waals surface area contributed by atoms with E-state index in [4.69, 9.17) is 5.11 Å². The van der Waals surface area contributed by atoms with Crippen molar-refractivity contribution in [2.75, 3.05) is 0 Å². The molecule has 4 aliphatic rings. The van der Waals surface area contributed by atoms with Crippen LogP contribution in [0.1, 0.15) is 51.4 Å². The van der Waals surface area contributed by atoms with Gasteiger partial charge in [0.15, 0.2) is 0 Å². The Kier molecular flexibility index (Phi) is 2.95. The number of hydrogen-bond donors (Lipinski definition) is 3. The molecule has 4 unspecified atom stereocenters. The molecular formula is C16H24N2O3. The Morgan fingerprint density at radius 3 is 2.29 bits per heavy atom. The van der Waals surface area contributed by atoms with E-state index in [1.54, 1.807) is 0 Å². The quantitative estimate of drug-likeness (QED) is 0.742. The van der Waals surface area contributed by atoms with Crippen molar-refractivity contribution in [3.8, 4) is 0 Å². The molecule has 0 saturated heterocycles. The van der Waals surface area contributed by atoms with Gasteiger partial charge in [-0.3, -0.25) is 4.79 Å². The highest BCUT2D eigenvalue weighted by Gasteiger charge is 2.65. The first kappa shape index (κ1) is 13.4. The Balaban J connectivity index is 1.34. The molecule has 2 amide bonds. The molecule has 0 heterocycles. The second kappa shape index (κ2) is 4.62. The lowest BCUT2D eigenvalue weighted by atomic mass is 9.93. The van der Waals surface area contributed by atoms with Gasteiger partial charge in [-0.25, -0.2) is 4.79 Å². The lowest BCUT2D eigenvalue weighted by molar-refractivity contribution is -0.138. The minimum atomic E-state index is -0.821. The maximum atomic E-state index is 12.3. The van der Waals surface area contributed by atoms with E-state index in [0.717, 1.165) is 37.5 Å². The average molecular weight is 292 g/mol. The number of rotatable bonds is 4. The lowest BCUT2D eigenvalue weighted by Crippen LogP contribution is -2.52. The number of carbonyl (C=O) groups is 2. The summed E-state index contributed by atoms with van der Waals surface area (Å²) in [6.45, 7) is 0. The fourth-order valence-electron chi connectivity index (χ4n) is 5.63. The standard InChI is InChI=1S/C16H24N2O3/c19-11(20)8-16(5-1-2-6-16)18-15(21)17-14-12-9-3-4-10(7-9)13(12)14/h9-10,12-14H,1-8H2,(H,19,20)(H2,17,18,21). The summed E-state index contributed by atoms with van der Waals surface area (Å²) in [5.41, 5.74) is -0.515. The molecule has 0 aliphatic heterocycles. The minimum absolute atomic E-state index is 0.0448. The molecule has 5 nitrogen and oxygen atoms in total. The van der Waals surface area contributed by atoms with E-state index in [1.165, 1.54) is 19.3 Å². The maximum Gasteiger partial charge on any atom is 0.315 e. The zero-order valence-electron chi connectivity index (χ0n) is 12.3. The van der Waals surface area contributed by atoms with Gasteiger partial charge in [0.05, 0.1) is 12.0 Å². The van der Waals surface area contributed by atoms with Gasteiger partial charge in [-0.1, -0.05) is 12.8 Å². The van der Waals surface area contributed by atoms with E-state index in [2.05, 4.69) is 10.6 Å². The van der Waals surface area contributed by atoms with Crippen LogP contribution in [0.5, 0.6) is 0 Å². The first-order valence-electron chi connectivity index (χ1n) is 8.38. The number of aliphatic carboxylic acids is 1. The molecule has 3 N–H and O–H groups in total. The molecule has 4 aliphatic carbocycles. The maximum absolute atomic E-state index is 12.3. The van der Waals surface area contributed by atoms with E-state index in [1.807, 2.05) is 0 Å². The Bertz CT molecular complexity index is 456. The van der Waals surface area contributed by atoms with Crippen molar-refractivity contribution in [1.29, 1.82) is 0 Å². The summed E-state index contributed by atoms with van der Waals surface area (Å²) in [7, 11) is 0. The Labute approximate surface area is 124 Å². The minimum Gasteiger partial charge on any atom is -0.481 e. The molecule has 4 rings (SSSR count). The van der Waals surface area contributed by atoms with Crippen LogP contribution < -0.4 is 10.6 Å². The predicted octanol–water partition coefficient (Wildman–Crippen LogP) is 2.12. The van der Waals surface area contributed by atoms with Crippen LogP contribution in [0.15, 0.2) is 0 Å². The topological polar surface area (TPSA) is 78.4 Å². The highest BCUT2D eigenvalue weighted by molar-refractivity contribution is 5.77. The number of amides is 2. The van der Waals surface area contributed by atoms with Crippen molar-refractivity contribution in [2.24, 2.45) is 23.7 Å². The van der Waals surface area contributed by atoms with Gasteiger partial charge in [-0.2, -0.15) is 0 Å². The van der Waals surface area contributed by atoms with Crippen molar-refractivity contribution in [3.63, 3.8) is 0 Å². The second-order valence-corrected chi connectivity index (χ2v) is 7.67. The summed E-state index contributed by atoms with van der Waals surface area (Å²) in [6.07, 6.45) is 7.69. The lowest BCUT2D eigenvalue weighted by Gasteiger charge is -2.29. The number of carboxylic acid groups (broad SMARTS) is 1. The number of carbonyl (C=O) groups excluding carboxylic acids is 1. The third kappa shape index (κ3) is 2.21. The van der Waals surface area contributed by atoms with Crippen LogP contribution in [-0.4, -0.2) is 28.7 Å². The van der Waals surface area contributed by atoms with Gasteiger partial charge in [0.25, 0.3) is 0 Å². The zero-order valence-corrected chi connectivity index (χ0v) is 12.3. The van der Waals surface area contributed by atoms with Crippen molar-refractivity contribution in [2.45, 2.75) is 62.9 Å². The third-order valence-corrected chi connectivity index (χ3v) is 6.46. The zero-order chi connectivity index (χ0) is 14.6. The van der Waals surface area contributed by atoms with E-state index in [9.17, 15) is 9.59 Å². The van der Waals surface area contributed by atoms with Gasteiger partial charge in [0.1, 0.15) is 0 Å². The molecule has 21 heavy (non-hydrogen) atoms. The highest BCUT2D eigenvalue weighted by atomic mass is 16.4. The van der Waals surface area contributed by atoms with Crippen molar-refractivity contribution in [1.82, 2.24) is 10.6 Å². The molecule has 116 valence electrons. The predicted molar refractivity (Wildman–Crippen MR) is 76.7 cm³/mol. The largest absolute Gasteiger partial charge is 0.481 e. The monoisotopic (exact) mass is 292 g/mol. The van der Waals surface area contributed by atoms with Crippen molar-refractivity contribution >= 4 is 12.0 Å². The number of nitrogens with one attached hydrogen (secondary N) is 2. The summed E-state index contributed by atoms with van der Waals surface area (Å²) < 4.78 is 0. The Hall–Kier alpha value is -1.26. The third-order valence-electron chi connectivity index (χ3n) is 6.46. The SMILES string of the molecule is O=C(O)CC1(NC(=O)NC2C3C4CCC(C4)C23)CCCC1. The van der Waals surface area contributed by atoms with Gasteiger partial charge in [-0.05, 0) is 55.8 Å². The van der Waals surface area contributed by atoms with Crippen molar-refractivity contribution in [3.05, 3.63) is 0 Å². The molecule has 4 atom stereocenters. The second-order valence-electron chi connectivity index (χ2n) is 7.67. The molecule has 4 saturated carbocycles. The normalized spacial score (nSPS) is 41.6. The van der Waals surface area contributed by atoms with Crippen LogP contribution in [0, 0.1) is 23.7 Å². The number of urea groups is 1. The smallest absolute Gasteiger partial charge is 0.315 e. The number of carboxylic acids is 1. The van der Waals surface area contributed by atoms with Crippen LogP contribution >= 0.6 is 0 Å². The van der Waals surface area contributed by atoms with E-state index >= 15 is 0 Å².